The van der Waals surface area contributed by atoms with Crippen molar-refractivity contribution in [2.45, 2.75) is 20.0 Å². The fraction of sp³-hybridized carbons (Fsp3) is 0.238. The fourth-order valence-corrected chi connectivity index (χ4v) is 2.59. The molecule has 4 amide bonds. The largest absolute Gasteiger partial charge is 0.449 e. The number of esters is 1. The van der Waals surface area contributed by atoms with Gasteiger partial charge in [0.2, 0.25) is 5.91 Å². The summed E-state index contributed by atoms with van der Waals surface area (Å²) in [6, 6.07) is 12.4. The molecule has 0 bridgehead atoms. The van der Waals surface area contributed by atoms with E-state index in [0.29, 0.717) is 11.4 Å². The first-order chi connectivity index (χ1) is 14.2. The van der Waals surface area contributed by atoms with Gasteiger partial charge in [-0.15, -0.1) is 0 Å². The molecule has 0 saturated carbocycles. The molecule has 0 aromatic heterocycles. The van der Waals surface area contributed by atoms with E-state index in [4.69, 9.17) is 10.5 Å². The molecular formula is C21H24N4O5. The molecule has 2 aromatic rings. The molecule has 0 heterocycles. The topological polar surface area (TPSA) is 131 Å². The van der Waals surface area contributed by atoms with Crippen molar-refractivity contribution in [3.05, 3.63) is 59.7 Å². The highest BCUT2D eigenvalue weighted by atomic mass is 16.5. The van der Waals surface area contributed by atoms with Crippen molar-refractivity contribution < 1.29 is 23.9 Å². The van der Waals surface area contributed by atoms with E-state index in [2.05, 4.69) is 10.6 Å². The van der Waals surface area contributed by atoms with E-state index in [-0.39, 0.29) is 18.0 Å². The van der Waals surface area contributed by atoms with E-state index in [1.54, 1.807) is 18.2 Å². The number of benzene rings is 2. The molecule has 0 radical (unpaired) electrons. The predicted molar refractivity (Wildman–Crippen MR) is 112 cm³/mol. The maximum absolute atomic E-state index is 12.4. The molecule has 0 aliphatic heterocycles. The van der Waals surface area contributed by atoms with Crippen molar-refractivity contribution in [1.29, 1.82) is 0 Å². The molecule has 30 heavy (non-hydrogen) atoms. The molecule has 2 rings (SSSR count). The van der Waals surface area contributed by atoms with Crippen molar-refractivity contribution in [3.63, 3.8) is 0 Å². The van der Waals surface area contributed by atoms with Gasteiger partial charge < -0.3 is 26.0 Å². The molecule has 9 nitrogen and oxygen atoms in total. The Hall–Kier alpha value is -3.88. The number of primary amides is 1. The number of carbonyl (C=O) groups excluding carboxylic acids is 4. The maximum atomic E-state index is 12.4. The highest BCUT2D eigenvalue weighted by molar-refractivity contribution is 5.97. The number of carbonyl (C=O) groups is 4. The minimum absolute atomic E-state index is 0.140. The highest BCUT2D eigenvalue weighted by Gasteiger charge is 2.23. The second kappa shape index (κ2) is 10.1. The maximum Gasteiger partial charge on any atom is 0.338 e. The molecule has 0 fully saturated rings. The number of anilines is 2. The van der Waals surface area contributed by atoms with Crippen molar-refractivity contribution in [2.75, 3.05) is 24.2 Å². The Morgan fingerprint density at radius 1 is 1.03 bits per heavy atom. The molecule has 9 heteroatoms. The molecule has 0 unspecified atom stereocenters. The lowest BCUT2D eigenvalue weighted by molar-refractivity contribution is -0.140. The summed E-state index contributed by atoms with van der Waals surface area (Å²) in [7, 11) is 1.44. The zero-order chi connectivity index (χ0) is 22.3. The van der Waals surface area contributed by atoms with Gasteiger partial charge in [-0.05, 0) is 44.2 Å². The number of ether oxygens (including phenoxy) is 1. The number of nitrogens with zero attached hydrogens (tertiary/aromatic N) is 1. The molecule has 0 aliphatic rings. The number of aryl methyl sites for hydroxylation is 1. The monoisotopic (exact) mass is 412 g/mol. The van der Waals surface area contributed by atoms with Crippen LogP contribution in [0.2, 0.25) is 0 Å². The number of urea groups is 1. The third-order valence-corrected chi connectivity index (χ3v) is 4.09. The summed E-state index contributed by atoms with van der Waals surface area (Å²) in [6.07, 6.45) is -1.11. The molecule has 0 saturated heterocycles. The van der Waals surface area contributed by atoms with Crippen molar-refractivity contribution in [2.24, 2.45) is 5.73 Å². The van der Waals surface area contributed by atoms with E-state index in [9.17, 15) is 19.2 Å². The molecule has 0 aliphatic carbocycles. The Kier molecular flexibility index (Phi) is 7.51. The summed E-state index contributed by atoms with van der Waals surface area (Å²) in [5, 5.41) is 5.05. The highest BCUT2D eigenvalue weighted by Crippen LogP contribution is 2.13. The number of nitrogens with two attached hydrogens (primary N) is 1. The number of nitrogens with one attached hydrogen (secondary N) is 2. The van der Waals surface area contributed by atoms with Crippen LogP contribution in [0.25, 0.3) is 0 Å². The Balaban J connectivity index is 1.91. The van der Waals surface area contributed by atoms with Gasteiger partial charge >= 0.3 is 12.0 Å². The Bertz CT molecular complexity index is 943. The van der Waals surface area contributed by atoms with E-state index < -0.39 is 24.0 Å². The lowest BCUT2D eigenvalue weighted by Crippen LogP contribution is -2.41. The molecule has 2 aromatic carbocycles. The number of hydrogen-bond donors (Lipinski definition) is 3. The van der Waals surface area contributed by atoms with Gasteiger partial charge in [0.1, 0.15) is 0 Å². The zero-order valence-electron chi connectivity index (χ0n) is 17.0. The average Bonchev–Trinajstić information content (AvgIpc) is 2.68. The molecule has 0 spiro atoms. The van der Waals surface area contributed by atoms with E-state index >= 15 is 0 Å². The minimum Gasteiger partial charge on any atom is -0.449 e. The molecule has 4 N–H and O–H groups in total. The number of likely N-dealkylation sites (N-methyl/N-ethyl adjacent to an activating group) is 1. The van der Waals surface area contributed by atoms with Gasteiger partial charge in [-0.3, -0.25) is 9.59 Å². The Morgan fingerprint density at radius 2 is 1.70 bits per heavy atom. The van der Waals surface area contributed by atoms with E-state index in [0.717, 1.165) is 5.56 Å². The van der Waals surface area contributed by atoms with Gasteiger partial charge in [0.15, 0.2) is 6.10 Å². The van der Waals surface area contributed by atoms with Crippen LogP contribution in [0.4, 0.5) is 16.2 Å². The molecular weight excluding hydrogens is 388 g/mol. The standard InChI is InChI=1S/C21H24N4O5/c1-13-7-9-16(10-8-13)23-18(26)12-25(3)19(27)14(2)30-20(28)15-5-4-6-17(11-15)24-21(22)29/h4-11,14H,12H2,1-3H3,(H,23,26)(H3,22,24,29)/t14-/m1/s1. The summed E-state index contributed by atoms with van der Waals surface area (Å²) in [6.45, 7) is 3.15. The summed E-state index contributed by atoms with van der Waals surface area (Å²) < 4.78 is 5.19. The SMILES string of the molecule is Cc1ccc(NC(=O)CN(C)C(=O)[C@@H](C)OC(=O)c2cccc(NC(N)=O)c2)cc1. The van der Waals surface area contributed by atoms with Crippen molar-refractivity contribution >= 4 is 35.2 Å². The van der Waals surface area contributed by atoms with E-state index in [1.807, 2.05) is 19.1 Å². The third kappa shape index (κ3) is 6.62. The van der Waals surface area contributed by atoms with Gasteiger partial charge in [0.05, 0.1) is 12.1 Å². The van der Waals surface area contributed by atoms with Crippen LogP contribution in [0.5, 0.6) is 0 Å². The number of rotatable bonds is 7. The summed E-state index contributed by atoms with van der Waals surface area (Å²) in [4.78, 5) is 49.0. The quantitative estimate of drug-likeness (QED) is 0.600. The lowest BCUT2D eigenvalue weighted by atomic mass is 10.2. The van der Waals surface area contributed by atoms with E-state index in [1.165, 1.54) is 37.1 Å². The van der Waals surface area contributed by atoms with Crippen molar-refractivity contribution in [1.82, 2.24) is 4.90 Å². The van der Waals surface area contributed by atoms with Gasteiger partial charge in [0.25, 0.3) is 5.91 Å². The second-order valence-electron chi connectivity index (χ2n) is 6.73. The smallest absolute Gasteiger partial charge is 0.338 e. The van der Waals surface area contributed by atoms with Crippen LogP contribution < -0.4 is 16.4 Å². The van der Waals surface area contributed by atoms with Crippen LogP contribution in [-0.4, -0.2) is 48.4 Å². The van der Waals surface area contributed by atoms with Crippen LogP contribution in [0.15, 0.2) is 48.5 Å². The van der Waals surface area contributed by atoms with Crippen LogP contribution >= 0.6 is 0 Å². The van der Waals surface area contributed by atoms with Crippen LogP contribution in [-0.2, 0) is 14.3 Å². The first-order valence-electron chi connectivity index (χ1n) is 9.14. The normalized spacial score (nSPS) is 11.2. The molecule has 1 atom stereocenters. The Labute approximate surface area is 174 Å². The summed E-state index contributed by atoms with van der Waals surface area (Å²) >= 11 is 0. The average molecular weight is 412 g/mol. The number of hydrogen-bond acceptors (Lipinski definition) is 5. The van der Waals surface area contributed by atoms with Crippen LogP contribution in [0.1, 0.15) is 22.8 Å². The van der Waals surface area contributed by atoms with Gasteiger partial charge in [0, 0.05) is 18.4 Å². The van der Waals surface area contributed by atoms with Crippen LogP contribution in [0.3, 0.4) is 0 Å². The summed E-state index contributed by atoms with van der Waals surface area (Å²) in [5.41, 5.74) is 7.19. The second-order valence-corrected chi connectivity index (χ2v) is 6.73. The Morgan fingerprint density at radius 3 is 2.33 bits per heavy atom. The lowest BCUT2D eigenvalue weighted by Gasteiger charge is -2.21. The third-order valence-electron chi connectivity index (χ3n) is 4.09. The first kappa shape index (κ1) is 22.4. The van der Waals surface area contributed by atoms with Gasteiger partial charge in [-0.2, -0.15) is 0 Å². The van der Waals surface area contributed by atoms with Gasteiger partial charge in [-0.1, -0.05) is 23.8 Å². The minimum atomic E-state index is -1.11. The zero-order valence-corrected chi connectivity index (χ0v) is 17.0. The van der Waals surface area contributed by atoms with Crippen LogP contribution in [0, 0.1) is 6.92 Å². The fourth-order valence-electron chi connectivity index (χ4n) is 2.59. The van der Waals surface area contributed by atoms with Crippen molar-refractivity contribution in [3.8, 4) is 0 Å². The number of amides is 4. The molecule has 158 valence electrons. The van der Waals surface area contributed by atoms with Gasteiger partial charge in [-0.25, -0.2) is 9.59 Å². The first-order valence-corrected chi connectivity index (χ1v) is 9.14. The summed E-state index contributed by atoms with van der Waals surface area (Å²) in [5.74, 6) is -1.66. The predicted octanol–water partition coefficient (Wildman–Crippen LogP) is 2.13.